The molecule has 0 saturated carbocycles. The Kier molecular flexibility index (Phi) is 8.57. The van der Waals surface area contributed by atoms with Crippen molar-refractivity contribution in [2.45, 2.75) is 33.1 Å². The number of aromatic nitrogens is 1. The number of halogens is 4. The van der Waals surface area contributed by atoms with Gasteiger partial charge in [-0.2, -0.15) is 0 Å². The number of benzene rings is 3. The first kappa shape index (κ1) is 28.4. The van der Waals surface area contributed by atoms with Gasteiger partial charge in [0, 0.05) is 22.9 Å². The number of ether oxygens (including phenoxy) is 2. The number of amides is 1. The molecule has 1 amide bonds. The topological polar surface area (TPSA) is 80.4 Å². The Morgan fingerprint density at radius 3 is 2.23 bits per heavy atom. The molecule has 0 aliphatic carbocycles. The van der Waals surface area contributed by atoms with Crippen molar-refractivity contribution in [2.75, 3.05) is 11.9 Å². The molecule has 3 aromatic carbocycles. The summed E-state index contributed by atoms with van der Waals surface area (Å²) in [6, 6.07) is 17.4. The molecule has 0 unspecified atom stereocenters. The normalized spacial score (nSPS) is 11.2. The van der Waals surface area contributed by atoms with Crippen LogP contribution in [0.4, 0.5) is 23.2 Å². The van der Waals surface area contributed by atoms with Crippen LogP contribution in [0.15, 0.2) is 77.6 Å². The van der Waals surface area contributed by atoms with Gasteiger partial charge in [0.2, 0.25) is 0 Å². The number of nitrogens with one attached hydrogen (secondary N) is 2. The maximum atomic E-state index is 15.1. The zero-order chi connectivity index (χ0) is 28.9. The molecule has 0 aliphatic rings. The first-order valence-electron chi connectivity index (χ1n) is 12.5. The van der Waals surface area contributed by atoms with Gasteiger partial charge in [0.15, 0.2) is 0 Å². The van der Waals surface area contributed by atoms with Gasteiger partial charge in [-0.3, -0.25) is 9.59 Å². The second-order valence-corrected chi connectivity index (χ2v) is 9.04. The highest BCUT2D eigenvalue weighted by atomic mass is 19.4. The fourth-order valence-corrected chi connectivity index (χ4v) is 3.96. The quantitative estimate of drug-likeness (QED) is 0.166. The van der Waals surface area contributed by atoms with E-state index in [4.69, 9.17) is 4.74 Å². The maximum absolute atomic E-state index is 15.1. The molecule has 1 aromatic heterocycles. The van der Waals surface area contributed by atoms with E-state index in [1.54, 1.807) is 30.3 Å². The summed E-state index contributed by atoms with van der Waals surface area (Å²) in [5.41, 5.74) is 1.12. The van der Waals surface area contributed by atoms with Crippen molar-refractivity contribution in [3.63, 3.8) is 0 Å². The van der Waals surface area contributed by atoms with Crippen LogP contribution in [0.1, 0.15) is 35.7 Å². The Bertz CT molecular complexity index is 1550. The molecule has 0 bridgehead atoms. The number of pyridine rings is 1. The molecular weight excluding hydrogens is 528 g/mol. The van der Waals surface area contributed by atoms with Crippen LogP contribution in [0.3, 0.4) is 0 Å². The number of anilines is 1. The van der Waals surface area contributed by atoms with Gasteiger partial charge < -0.3 is 19.8 Å². The highest BCUT2D eigenvalue weighted by molar-refractivity contribution is 6.08. The summed E-state index contributed by atoms with van der Waals surface area (Å²) in [6.07, 6.45) is -3.10. The van der Waals surface area contributed by atoms with E-state index in [1.807, 2.05) is 13.8 Å². The van der Waals surface area contributed by atoms with E-state index >= 15 is 4.39 Å². The largest absolute Gasteiger partial charge is 0.573 e. The minimum atomic E-state index is -4.86. The lowest BCUT2D eigenvalue weighted by Gasteiger charge is -2.14. The molecule has 0 saturated heterocycles. The average molecular weight is 555 g/mol. The number of carbonyl (C=O) groups excluding carboxylic acids is 1. The lowest BCUT2D eigenvalue weighted by Crippen LogP contribution is -2.25. The fraction of sp³-hybridized carbons (Fsp3) is 0.200. The van der Waals surface area contributed by atoms with E-state index in [0.717, 1.165) is 30.5 Å². The Morgan fingerprint density at radius 2 is 1.60 bits per heavy atom. The summed E-state index contributed by atoms with van der Waals surface area (Å²) in [5, 5.41) is 2.53. The van der Waals surface area contributed by atoms with Gasteiger partial charge in [0.05, 0.1) is 12.3 Å². The molecule has 208 valence electrons. The van der Waals surface area contributed by atoms with Crippen molar-refractivity contribution in [3.8, 4) is 33.9 Å². The summed E-state index contributed by atoms with van der Waals surface area (Å²) in [4.78, 5) is 29.1. The van der Waals surface area contributed by atoms with Gasteiger partial charge in [0.1, 0.15) is 22.9 Å². The predicted octanol–water partition coefficient (Wildman–Crippen LogP) is 7.49. The molecule has 6 nitrogen and oxygen atoms in total. The molecule has 10 heteroatoms. The number of H-pyrrole nitrogens is 1. The summed E-state index contributed by atoms with van der Waals surface area (Å²) >= 11 is 0. The van der Waals surface area contributed by atoms with E-state index in [1.165, 1.54) is 30.3 Å². The van der Waals surface area contributed by atoms with Crippen molar-refractivity contribution in [1.82, 2.24) is 4.98 Å². The van der Waals surface area contributed by atoms with Crippen LogP contribution in [0.2, 0.25) is 0 Å². The smallest absolute Gasteiger partial charge is 0.493 e. The summed E-state index contributed by atoms with van der Waals surface area (Å²) in [6.45, 7) is 4.35. The maximum Gasteiger partial charge on any atom is 0.573 e. The van der Waals surface area contributed by atoms with Crippen LogP contribution in [0.25, 0.3) is 22.4 Å². The van der Waals surface area contributed by atoms with Gasteiger partial charge in [-0.25, -0.2) is 4.39 Å². The Labute approximate surface area is 227 Å². The number of alkyl halides is 3. The molecule has 2 N–H and O–H groups in total. The first-order valence-corrected chi connectivity index (χ1v) is 12.5. The standard InChI is InChI=1S/C30H26F4N2O4/c1-3-4-15-39-22-13-14-23(25(31)16-22)26-17-24(19-7-5-18(2)6-8-19)27(29(38)36-26)28(37)35-20-9-11-21(12-10-20)40-30(32,33)34/h5-14,16-17H,3-4,15H2,1-2H3,(H,35,37)(H,36,38). The fourth-order valence-electron chi connectivity index (χ4n) is 3.96. The van der Waals surface area contributed by atoms with Gasteiger partial charge >= 0.3 is 6.36 Å². The lowest BCUT2D eigenvalue weighted by atomic mass is 9.97. The number of aryl methyl sites for hydroxylation is 1. The highest BCUT2D eigenvalue weighted by Crippen LogP contribution is 2.30. The molecule has 0 atom stereocenters. The van der Waals surface area contributed by atoms with Crippen molar-refractivity contribution in [2.24, 2.45) is 0 Å². The molecule has 4 rings (SSSR count). The second-order valence-electron chi connectivity index (χ2n) is 9.04. The van der Waals surface area contributed by atoms with Crippen LogP contribution in [0, 0.1) is 12.7 Å². The van der Waals surface area contributed by atoms with E-state index in [0.29, 0.717) is 17.9 Å². The molecule has 0 aliphatic heterocycles. The zero-order valence-electron chi connectivity index (χ0n) is 21.7. The van der Waals surface area contributed by atoms with Gasteiger partial charge in [-0.1, -0.05) is 43.2 Å². The minimum absolute atomic E-state index is 0.112. The van der Waals surface area contributed by atoms with Crippen molar-refractivity contribution in [3.05, 3.63) is 100 Å². The summed E-state index contributed by atoms with van der Waals surface area (Å²) < 4.78 is 61.8. The Balaban J connectivity index is 1.70. The third kappa shape index (κ3) is 7.07. The molecule has 40 heavy (non-hydrogen) atoms. The van der Waals surface area contributed by atoms with E-state index in [-0.39, 0.29) is 28.1 Å². The van der Waals surface area contributed by atoms with Gasteiger partial charge in [-0.15, -0.1) is 13.2 Å². The summed E-state index contributed by atoms with van der Waals surface area (Å²) in [5.74, 6) is -1.51. The van der Waals surface area contributed by atoms with Crippen LogP contribution >= 0.6 is 0 Å². The van der Waals surface area contributed by atoms with Crippen molar-refractivity contribution >= 4 is 11.6 Å². The molecular formula is C30H26F4N2O4. The van der Waals surface area contributed by atoms with Gasteiger partial charge in [-0.05, 0) is 61.4 Å². The number of hydrogen-bond donors (Lipinski definition) is 2. The number of aromatic amines is 1. The number of carbonyl (C=O) groups is 1. The SMILES string of the molecule is CCCCOc1ccc(-c2cc(-c3ccc(C)cc3)c(C(=O)Nc3ccc(OC(F)(F)F)cc3)c(=O)[nH]2)c(F)c1. The molecule has 4 aromatic rings. The van der Waals surface area contributed by atoms with Crippen molar-refractivity contribution in [1.29, 1.82) is 0 Å². The molecule has 1 heterocycles. The van der Waals surface area contributed by atoms with Crippen LogP contribution in [0.5, 0.6) is 11.5 Å². The van der Waals surface area contributed by atoms with Crippen molar-refractivity contribution < 1.29 is 31.8 Å². The molecule has 0 spiro atoms. The third-order valence-electron chi connectivity index (χ3n) is 5.97. The van der Waals surface area contributed by atoms with Crippen LogP contribution in [-0.2, 0) is 0 Å². The predicted molar refractivity (Wildman–Crippen MR) is 144 cm³/mol. The second kappa shape index (κ2) is 12.1. The van der Waals surface area contributed by atoms with Crippen LogP contribution < -0.4 is 20.3 Å². The van der Waals surface area contributed by atoms with Crippen LogP contribution in [-0.4, -0.2) is 23.9 Å². The minimum Gasteiger partial charge on any atom is -0.493 e. The average Bonchev–Trinajstić information content (AvgIpc) is 2.89. The lowest BCUT2D eigenvalue weighted by molar-refractivity contribution is -0.274. The number of hydrogen-bond acceptors (Lipinski definition) is 4. The highest BCUT2D eigenvalue weighted by Gasteiger charge is 2.31. The first-order chi connectivity index (χ1) is 19.0. The van der Waals surface area contributed by atoms with E-state index in [2.05, 4.69) is 15.0 Å². The zero-order valence-corrected chi connectivity index (χ0v) is 21.7. The summed E-state index contributed by atoms with van der Waals surface area (Å²) in [7, 11) is 0. The third-order valence-corrected chi connectivity index (χ3v) is 5.97. The molecule has 0 radical (unpaired) electrons. The Hall–Kier alpha value is -4.60. The number of unbranched alkanes of at least 4 members (excludes halogenated alkanes) is 1. The van der Waals surface area contributed by atoms with E-state index in [9.17, 15) is 22.8 Å². The van der Waals surface area contributed by atoms with Gasteiger partial charge in [0.25, 0.3) is 11.5 Å². The van der Waals surface area contributed by atoms with E-state index < -0.39 is 29.4 Å². The molecule has 0 fully saturated rings. The number of rotatable bonds is 9. The Morgan fingerprint density at radius 1 is 0.925 bits per heavy atom. The monoisotopic (exact) mass is 554 g/mol.